The number of rotatable bonds is 6. The van der Waals surface area contributed by atoms with Gasteiger partial charge in [-0.1, -0.05) is 0 Å². The van der Waals surface area contributed by atoms with Crippen LogP contribution >= 0.6 is 0 Å². The quantitative estimate of drug-likeness (QED) is 0.418. The van der Waals surface area contributed by atoms with Gasteiger partial charge in [-0.25, -0.2) is 9.59 Å². The molecule has 0 bridgehead atoms. The number of phenolic OH excluding ortho intramolecular Hbond substituents is 1. The van der Waals surface area contributed by atoms with E-state index < -0.39 is 55.4 Å². The summed E-state index contributed by atoms with van der Waals surface area (Å²) in [7, 11) is 1.49. The van der Waals surface area contributed by atoms with Crippen LogP contribution in [0.1, 0.15) is 33.2 Å². The number of carbonyl (C=O) groups is 2. The van der Waals surface area contributed by atoms with E-state index in [0.717, 1.165) is 6.07 Å². The van der Waals surface area contributed by atoms with Gasteiger partial charge < -0.3 is 44.1 Å². The zero-order valence-electron chi connectivity index (χ0n) is 19.0. The van der Waals surface area contributed by atoms with Crippen molar-refractivity contribution in [3.8, 4) is 17.2 Å². The molecule has 0 radical (unpaired) electrons. The summed E-state index contributed by atoms with van der Waals surface area (Å²) in [5.41, 5.74) is 0.751. The summed E-state index contributed by atoms with van der Waals surface area (Å²) >= 11 is 0. The predicted molar refractivity (Wildman–Crippen MR) is 117 cm³/mol. The maximum Gasteiger partial charge on any atom is 0.342 e. The maximum atomic E-state index is 12.3. The SMILES string of the molecule is COc1ccc(C(=O)OCC2OC(Oc3cc(O)c4c(c3)CC(C)OC4=O)C(O)C(O)C2O)cc1. The Morgan fingerprint density at radius 1 is 1.06 bits per heavy atom. The lowest BCUT2D eigenvalue weighted by atomic mass is 9.97. The van der Waals surface area contributed by atoms with E-state index in [2.05, 4.69) is 0 Å². The number of aromatic hydroxyl groups is 1. The number of hydrogen-bond acceptors (Lipinski definition) is 11. The normalized spacial score (nSPS) is 28.0. The van der Waals surface area contributed by atoms with Gasteiger partial charge in [0.25, 0.3) is 0 Å². The third-order valence-corrected chi connectivity index (χ3v) is 5.82. The molecule has 0 saturated carbocycles. The van der Waals surface area contributed by atoms with E-state index in [0.29, 0.717) is 17.7 Å². The Bertz CT molecular complexity index is 1080. The van der Waals surface area contributed by atoms with Crippen LogP contribution in [0.2, 0.25) is 0 Å². The Morgan fingerprint density at radius 3 is 2.46 bits per heavy atom. The predicted octanol–water partition coefficient (Wildman–Crippen LogP) is 0.546. The van der Waals surface area contributed by atoms with Gasteiger partial charge in [-0.05, 0) is 42.8 Å². The Kier molecular flexibility index (Phi) is 7.13. The van der Waals surface area contributed by atoms with Crippen molar-refractivity contribution in [3.63, 3.8) is 0 Å². The van der Waals surface area contributed by atoms with Crippen LogP contribution in [0, 0.1) is 0 Å². The minimum absolute atomic E-state index is 0.0272. The number of aliphatic hydroxyl groups excluding tert-OH is 3. The molecule has 11 heteroatoms. The van der Waals surface area contributed by atoms with Crippen molar-refractivity contribution in [3.05, 3.63) is 53.1 Å². The summed E-state index contributed by atoms with van der Waals surface area (Å²) in [5.74, 6) is -1.10. The fourth-order valence-corrected chi connectivity index (χ4v) is 3.97. The van der Waals surface area contributed by atoms with Crippen molar-refractivity contribution in [2.75, 3.05) is 13.7 Å². The van der Waals surface area contributed by atoms with Gasteiger partial charge in [0, 0.05) is 12.5 Å². The minimum Gasteiger partial charge on any atom is -0.507 e. The van der Waals surface area contributed by atoms with Crippen LogP contribution in [0.3, 0.4) is 0 Å². The van der Waals surface area contributed by atoms with Crippen molar-refractivity contribution in [1.29, 1.82) is 0 Å². The van der Waals surface area contributed by atoms with E-state index in [1.807, 2.05) is 0 Å². The van der Waals surface area contributed by atoms with E-state index in [9.17, 15) is 30.0 Å². The maximum absolute atomic E-state index is 12.3. The number of esters is 2. The van der Waals surface area contributed by atoms with E-state index in [-0.39, 0.29) is 22.6 Å². The number of fused-ring (bicyclic) bond motifs is 1. The molecule has 0 spiro atoms. The molecule has 0 amide bonds. The molecule has 35 heavy (non-hydrogen) atoms. The van der Waals surface area contributed by atoms with Crippen molar-refractivity contribution >= 4 is 11.9 Å². The van der Waals surface area contributed by atoms with Crippen molar-refractivity contribution in [1.82, 2.24) is 0 Å². The fraction of sp³-hybridized carbons (Fsp3) is 0.417. The van der Waals surface area contributed by atoms with Crippen LogP contribution in [0.5, 0.6) is 17.2 Å². The molecular formula is C24H26O11. The molecule has 2 aliphatic rings. The first-order chi connectivity index (χ1) is 16.7. The van der Waals surface area contributed by atoms with Gasteiger partial charge >= 0.3 is 11.9 Å². The number of benzene rings is 2. The molecule has 2 heterocycles. The summed E-state index contributed by atoms with van der Waals surface area (Å²) in [6.45, 7) is 1.27. The van der Waals surface area contributed by atoms with Gasteiger partial charge in [0.2, 0.25) is 6.29 Å². The smallest absolute Gasteiger partial charge is 0.342 e. The van der Waals surface area contributed by atoms with E-state index in [1.54, 1.807) is 19.1 Å². The topological polar surface area (TPSA) is 161 Å². The van der Waals surface area contributed by atoms with Gasteiger partial charge in [0.1, 0.15) is 59.9 Å². The highest BCUT2D eigenvalue weighted by atomic mass is 16.7. The minimum atomic E-state index is -1.67. The Labute approximate surface area is 200 Å². The summed E-state index contributed by atoms with van der Waals surface area (Å²) in [4.78, 5) is 24.4. The van der Waals surface area contributed by atoms with Gasteiger partial charge in [-0.15, -0.1) is 0 Å². The molecule has 2 aromatic carbocycles. The number of ether oxygens (including phenoxy) is 5. The molecule has 11 nitrogen and oxygen atoms in total. The van der Waals surface area contributed by atoms with Gasteiger partial charge in [0.15, 0.2) is 0 Å². The highest BCUT2D eigenvalue weighted by Crippen LogP contribution is 2.34. The van der Waals surface area contributed by atoms with Crippen molar-refractivity contribution in [2.24, 2.45) is 0 Å². The third kappa shape index (κ3) is 5.17. The van der Waals surface area contributed by atoms with Crippen molar-refractivity contribution < 1.29 is 53.7 Å². The molecule has 1 saturated heterocycles. The standard InChI is InChI=1S/C24H26O11/c1-11-7-13-8-15(9-16(25)18(13)23(30)33-11)34-24-21(28)20(27)19(26)17(35-24)10-32-22(29)12-3-5-14(31-2)6-4-12/h3-6,8-9,11,17,19-21,24-28H,7,10H2,1-2H3. The number of phenols is 1. The lowest BCUT2D eigenvalue weighted by Crippen LogP contribution is -2.60. The lowest BCUT2D eigenvalue weighted by molar-refractivity contribution is -0.277. The van der Waals surface area contributed by atoms with Crippen LogP contribution in [0.4, 0.5) is 0 Å². The molecular weight excluding hydrogens is 464 g/mol. The van der Waals surface area contributed by atoms with Gasteiger partial charge in [-0.3, -0.25) is 0 Å². The third-order valence-electron chi connectivity index (χ3n) is 5.82. The first-order valence-corrected chi connectivity index (χ1v) is 10.9. The Balaban J connectivity index is 1.45. The summed E-state index contributed by atoms with van der Waals surface area (Å²) in [6.07, 6.45) is -7.64. The second-order valence-electron chi connectivity index (χ2n) is 8.36. The number of methoxy groups -OCH3 is 1. The molecule has 1 fully saturated rings. The van der Waals surface area contributed by atoms with Crippen molar-refractivity contribution in [2.45, 2.75) is 50.2 Å². The van der Waals surface area contributed by atoms with Crippen LogP contribution in [0.25, 0.3) is 0 Å². The summed E-state index contributed by atoms with van der Waals surface area (Å²) < 4.78 is 26.6. The second kappa shape index (κ2) is 10.1. The monoisotopic (exact) mass is 490 g/mol. The molecule has 4 N–H and O–H groups in total. The summed E-state index contributed by atoms with van der Waals surface area (Å²) in [6, 6.07) is 8.83. The molecule has 2 aromatic rings. The fourth-order valence-electron chi connectivity index (χ4n) is 3.97. The van der Waals surface area contributed by atoms with Crippen LogP contribution < -0.4 is 9.47 Å². The number of aliphatic hydroxyl groups is 3. The molecule has 188 valence electrons. The zero-order valence-corrected chi connectivity index (χ0v) is 19.0. The van der Waals surface area contributed by atoms with E-state index in [4.69, 9.17) is 23.7 Å². The number of hydrogen-bond donors (Lipinski definition) is 4. The molecule has 6 unspecified atom stereocenters. The Morgan fingerprint density at radius 2 is 1.77 bits per heavy atom. The zero-order chi connectivity index (χ0) is 25.3. The molecule has 0 aromatic heterocycles. The molecule has 0 aliphatic carbocycles. The average molecular weight is 490 g/mol. The highest BCUT2D eigenvalue weighted by molar-refractivity contribution is 5.95. The van der Waals surface area contributed by atoms with Gasteiger partial charge in [0.05, 0.1) is 12.7 Å². The van der Waals surface area contributed by atoms with E-state index >= 15 is 0 Å². The van der Waals surface area contributed by atoms with E-state index in [1.165, 1.54) is 25.3 Å². The largest absolute Gasteiger partial charge is 0.507 e. The van der Waals surface area contributed by atoms with Crippen LogP contribution in [0.15, 0.2) is 36.4 Å². The molecule has 4 rings (SSSR count). The number of cyclic esters (lactones) is 1. The van der Waals surface area contributed by atoms with Crippen LogP contribution in [-0.4, -0.2) is 82.9 Å². The van der Waals surface area contributed by atoms with Crippen LogP contribution in [-0.2, 0) is 20.6 Å². The van der Waals surface area contributed by atoms with Gasteiger partial charge in [-0.2, -0.15) is 0 Å². The molecule has 2 aliphatic heterocycles. The summed E-state index contributed by atoms with van der Waals surface area (Å²) in [5, 5.41) is 41.3. The highest BCUT2D eigenvalue weighted by Gasteiger charge is 2.45. The second-order valence-corrected chi connectivity index (χ2v) is 8.36. The average Bonchev–Trinajstić information content (AvgIpc) is 2.82. The first-order valence-electron chi connectivity index (χ1n) is 10.9. The lowest BCUT2D eigenvalue weighted by Gasteiger charge is -2.40. The Hall–Kier alpha value is -3.38. The molecule has 6 atom stereocenters. The number of carbonyl (C=O) groups excluding carboxylic acids is 2. The first kappa shape index (κ1) is 24.7.